The predicted octanol–water partition coefficient (Wildman–Crippen LogP) is 3.49. The van der Waals surface area contributed by atoms with Crippen molar-refractivity contribution < 1.29 is 19.0 Å². The van der Waals surface area contributed by atoms with Crippen LogP contribution in [-0.2, 0) is 11.3 Å². The zero-order chi connectivity index (χ0) is 17.8. The van der Waals surface area contributed by atoms with E-state index in [0.29, 0.717) is 23.8 Å². The highest BCUT2D eigenvalue weighted by Gasteiger charge is 2.33. The molecule has 6 heteroatoms. The molecule has 25 heavy (non-hydrogen) atoms. The summed E-state index contributed by atoms with van der Waals surface area (Å²) in [5, 5.41) is -0.0430. The number of amides is 1. The Balaban J connectivity index is 1.91. The minimum atomic E-state index is -0.0430. The molecule has 1 atom stereocenters. The molecule has 1 heterocycles. The van der Waals surface area contributed by atoms with E-state index in [1.165, 1.54) is 0 Å². The molecule has 1 amide bonds. The molecule has 1 unspecified atom stereocenters. The number of methoxy groups -OCH3 is 3. The molecule has 0 saturated carbocycles. The molecule has 0 spiro atoms. The highest BCUT2D eigenvalue weighted by Crippen LogP contribution is 2.42. The number of nitrogens with zero attached hydrogens (tertiary/aromatic N) is 1. The maximum absolute atomic E-state index is 12.5. The fourth-order valence-corrected chi connectivity index (χ4v) is 4.14. The average Bonchev–Trinajstić information content (AvgIpc) is 3.02. The molecular weight excluding hydrogens is 338 g/mol. The van der Waals surface area contributed by atoms with Crippen LogP contribution in [0.15, 0.2) is 42.5 Å². The number of carbonyl (C=O) groups is 1. The monoisotopic (exact) mass is 359 g/mol. The number of thioether (sulfide) groups is 1. The molecule has 1 aliphatic heterocycles. The Morgan fingerprint density at radius 3 is 2.60 bits per heavy atom. The van der Waals surface area contributed by atoms with Gasteiger partial charge >= 0.3 is 0 Å². The lowest BCUT2D eigenvalue weighted by molar-refractivity contribution is -0.128. The number of hydrogen-bond acceptors (Lipinski definition) is 5. The van der Waals surface area contributed by atoms with Crippen LogP contribution in [0.1, 0.15) is 16.5 Å². The summed E-state index contributed by atoms with van der Waals surface area (Å²) in [4.78, 5) is 14.3. The Morgan fingerprint density at radius 1 is 1.08 bits per heavy atom. The molecule has 2 aromatic carbocycles. The minimum absolute atomic E-state index is 0.0430. The molecular formula is C19H21NO4S. The van der Waals surface area contributed by atoms with Gasteiger partial charge in [-0.15, -0.1) is 11.8 Å². The maximum atomic E-state index is 12.5. The van der Waals surface area contributed by atoms with E-state index in [-0.39, 0.29) is 11.3 Å². The minimum Gasteiger partial charge on any atom is -0.497 e. The van der Waals surface area contributed by atoms with Crippen LogP contribution in [0.4, 0.5) is 0 Å². The summed E-state index contributed by atoms with van der Waals surface area (Å²) >= 11 is 1.62. The highest BCUT2D eigenvalue weighted by molar-refractivity contribution is 8.00. The van der Waals surface area contributed by atoms with Crippen LogP contribution in [0.5, 0.6) is 17.2 Å². The van der Waals surface area contributed by atoms with Crippen LogP contribution < -0.4 is 14.2 Å². The second-order valence-corrected chi connectivity index (χ2v) is 6.68. The van der Waals surface area contributed by atoms with Crippen molar-refractivity contribution in [3.63, 3.8) is 0 Å². The topological polar surface area (TPSA) is 48.0 Å². The molecule has 2 aromatic rings. The highest BCUT2D eigenvalue weighted by atomic mass is 32.2. The normalized spacial score (nSPS) is 16.8. The molecule has 0 radical (unpaired) electrons. The largest absolute Gasteiger partial charge is 0.497 e. The quantitative estimate of drug-likeness (QED) is 0.790. The summed E-state index contributed by atoms with van der Waals surface area (Å²) < 4.78 is 16.2. The third-order valence-electron chi connectivity index (χ3n) is 4.17. The zero-order valence-electron chi connectivity index (χ0n) is 14.5. The Hall–Kier alpha value is -2.34. The standard InChI is InChI=1S/C19H21NO4S/c1-22-15-8-4-6-13(10-15)19-20(17(21)12-25-19)11-14-7-5-9-16(23-2)18(14)24-3/h4-10,19H,11-12H2,1-3H3. The number of carbonyl (C=O) groups excluding carboxylic acids is 1. The van der Waals surface area contributed by atoms with E-state index in [0.717, 1.165) is 16.9 Å². The molecule has 0 bridgehead atoms. The number of hydrogen-bond donors (Lipinski definition) is 0. The summed E-state index contributed by atoms with van der Waals surface area (Å²) in [5.41, 5.74) is 1.97. The van der Waals surface area contributed by atoms with Crippen molar-refractivity contribution in [3.8, 4) is 17.2 Å². The summed E-state index contributed by atoms with van der Waals surface area (Å²) in [7, 11) is 4.87. The van der Waals surface area contributed by atoms with E-state index in [4.69, 9.17) is 14.2 Å². The summed E-state index contributed by atoms with van der Waals surface area (Å²) in [6.45, 7) is 0.466. The zero-order valence-corrected chi connectivity index (χ0v) is 15.3. The third kappa shape index (κ3) is 3.54. The lowest BCUT2D eigenvalue weighted by Crippen LogP contribution is -2.28. The van der Waals surface area contributed by atoms with Gasteiger partial charge in [-0.3, -0.25) is 4.79 Å². The number of ether oxygens (including phenoxy) is 3. The Bertz CT molecular complexity index is 765. The van der Waals surface area contributed by atoms with E-state index < -0.39 is 0 Å². The van der Waals surface area contributed by atoms with Gasteiger partial charge in [-0.25, -0.2) is 0 Å². The maximum Gasteiger partial charge on any atom is 0.234 e. The molecule has 3 rings (SSSR count). The Labute approximate surface area is 151 Å². The van der Waals surface area contributed by atoms with Gasteiger partial charge < -0.3 is 19.1 Å². The molecule has 1 fully saturated rings. The molecule has 0 aliphatic carbocycles. The smallest absolute Gasteiger partial charge is 0.234 e. The van der Waals surface area contributed by atoms with Crippen molar-refractivity contribution in [1.82, 2.24) is 4.90 Å². The van der Waals surface area contributed by atoms with Crippen LogP contribution in [0.3, 0.4) is 0 Å². The second kappa shape index (κ2) is 7.70. The van der Waals surface area contributed by atoms with E-state index >= 15 is 0 Å². The van der Waals surface area contributed by atoms with E-state index in [9.17, 15) is 4.79 Å². The van der Waals surface area contributed by atoms with Crippen molar-refractivity contribution in [2.75, 3.05) is 27.1 Å². The van der Waals surface area contributed by atoms with Gasteiger partial charge in [-0.05, 0) is 23.8 Å². The fraction of sp³-hybridized carbons (Fsp3) is 0.316. The van der Waals surface area contributed by atoms with E-state index in [2.05, 4.69) is 0 Å². The van der Waals surface area contributed by atoms with E-state index in [1.54, 1.807) is 33.1 Å². The first kappa shape index (κ1) is 17.5. The van der Waals surface area contributed by atoms with Crippen molar-refractivity contribution >= 4 is 17.7 Å². The van der Waals surface area contributed by atoms with Crippen LogP contribution >= 0.6 is 11.8 Å². The lowest BCUT2D eigenvalue weighted by Gasteiger charge is -2.25. The summed E-state index contributed by atoms with van der Waals surface area (Å²) in [5.74, 6) is 2.70. The van der Waals surface area contributed by atoms with Crippen molar-refractivity contribution in [3.05, 3.63) is 53.6 Å². The predicted molar refractivity (Wildman–Crippen MR) is 98.3 cm³/mol. The van der Waals surface area contributed by atoms with Gasteiger partial charge in [0.2, 0.25) is 5.91 Å². The number of benzene rings is 2. The first-order valence-corrected chi connectivity index (χ1v) is 8.97. The third-order valence-corrected chi connectivity index (χ3v) is 5.43. The lowest BCUT2D eigenvalue weighted by atomic mass is 10.1. The summed E-state index contributed by atoms with van der Waals surface area (Å²) in [6.07, 6.45) is 0. The SMILES string of the molecule is COc1cccc(C2SCC(=O)N2Cc2cccc(OC)c2OC)c1. The number of rotatable bonds is 6. The Kier molecular flexibility index (Phi) is 5.38. The van der Waals surface area contributed by atoms with Crippen molar-refractivity contribution in [2.45, 2.75) is 11.9 Å². The van der Waals surface area contributed by atoms with Crippen LogP contribution in [-0.4, -0.2) is 37.9 Å². The first-order valence-electron chi connectivity index (χ1n) is 7.92. The van der Waals surface area contributed by atoms with Gasteiger partial charge in [-0.1, -0.05) is 24.3 Å². The van der Waals surface area contributed by atoms with Gasteiger partial charge in [0.15, 0.2) is 11.5 Å². The number of para-hydroxylation sites is 1. The molecule has 132 valence electrons. The van der Waals surface area contributed by atoms with Gasteiger partial charge in [-0.2, -0.15) is 0 Å². The van der Waals surface area contributed by atoms with Gasteiger partial charge in [0.05, 0.1) is 33.6 Å². The molecule has 5 nitrogen and oxygen atoms in total. The molecule has 1 aliphatic rings. The molecule has 0 aromatic heterocycles. The molecule has 0 N–H and O–H groups in total. The van der Waals surface area contributed by atoms with Crippen molar-refractivity contribution in [1.29, 1.82) is 0 Å². The van der Waals surface area contributed by atoms with Gasteiger partial charge in [0.1, 0.15) is 11.1 Å². The van der Waals surface area contributed by atoms with Crippen molar-refractivity contribution in [2.24, 2.45) is 0 Å². The second-order valence-electron chi connectivity index (χ2n) is 5.61. The average molecular weight is 359 g/mol. The van der Waals surface area contributed by atoms with Crippen LogP contribution in [0.2, 0.25) is 0 Å². The Morgan fingerprint density at radius 2 is 1.88 bits per heavy atom. The van der Waals surface area contributed by atoms with E-state index in [1.807, 2.05) is 47.4 Å². The van der Waals surface area contributed by atoms with Gasteiger partial charge in [0.25, 0.3) is 0 Å². The van der Waals surface area contributed by atoms with Crippen LogP contribution in [0, 0.1) is 0 Å². The summed E-state index contributed by atoms with van der Waals surface area (Å²) in [6, 6.07) is 13.6. The fourth-order valence-electron chi connectivity index (χ4n) is 2.96. The first-order chi connectivity index (χ1) is 12.2. The molecule has 1 saturated heterocycles. The van der Waals surface area contributed by atoms with Gasteiger partial charge in [0, 0.05) is 5.56 Å². The van der Waals surface area contributed by atoms with Crippen LogP contribution in [0.25, 0.3) is 0 Å².